The second kappa shape index (κ2) is 36.1. The van der Waals surface area contributed by atoms with E-state index in [0.717, 1.165) is 91.6 Å². The number of para-hydroxylation sites is 6. The first-order chi connectivity index (χ1) is 54.6. The Balaban J connectivity index is 0.000000133. The third kappa shape index (κ3) is 17.1. The van der Waals surface area contributed by atoms with Crippen LogP contribution in [0.25, 0.3) is 33.1 Å². The number of aliphatic carboxylic acids is 3. The number of hydrogen-bond acceptors (Lipinski definition) is 19. The van der Waals surface area contributed by atoms with Gasteiger partial charge < -0.3 is 49.0 Å². The molecule has 10 atom stereocenters. The van der Waals surface area contributed by atoms with Gasteiger partial charge in [0.25, 0.3) is 16.7 Å². The lowest BCUT2D eigenvalue weighted by atomic mass is 9.76. The number of piperidine rings is 4. The first-order valence-corrected chi connectivity index (χ1v) is 42.8. The summed E-state index contributed by atoms with van der Waals surface area (Å²) in [6.45, 7) is -0.473. The highest BCUT2D eigenvalue weighted by atomic mass is 16.6. The minimum atomic E-state index is -1.39. The van der Waals surface area contributed by atoms with E-state index in [-0.39, 0.29) is 72.5 Å². The molecule has 3 aromatic heterocycles. The number of carbonyl (C=O) groups is 3. The van der Waals surface area contributed by atoms with Crippen LogP contribution < -0.4 is 16.7 Å². The Hall–Kier alpha value is -8.26. The molecule has 6 aliphatic heterocycles. The standard InChI is InChI=1S/C30H42N4O4.C29H38N4O5.C28H36N4O4/c35-28(36)18-17-26(32-38)29-30(37)34(27-16-9-8-15-25(27)31-29)24-19-22-13-10-14-23(20-24)33(22)21-11-6-4-2-1-3-5-7-12-21;34-11-12-38-31-27(29(36)37)26-28(35)33(25-8-4-3-7-24(25)30-26)23-16-20-9-10-21(17-23)32(20)22-14-18-5-1-2-6-19(13-18)15-22;1-36-30-26(28(34)35)25-27(33)32(24-9-5-4-8-23(24)29-25)22-15-19-10-11-20(16-22)31(19)21-13-17-6-2-3-7-18(12-17)14-21/h8-9,15-16,21-24,38H,1-7,10-14,17-20H2,(H,35,36);3-4,7-8,18-23,34H,1-2,5-6,9-17H2,(H,36,37);4-5,8-9,17-22H,2-3,6-7,10-16H2,1H3,(H,34,35)/b32-26+;31-27-;30-26-. The number of oxime groups is 3. The molecule has 112 heavy (non-hydrogen) atoms. The highest BCUT2D eigenvalue weighted by molar-refractivity contribution is 6.42. The summed E-state index contributed by atoms with van der Waals surface area (Å²) in [7, 11) is 1.28. The summed E-state index contributed by atoms with van der Waals surface area (Å²) in [6, 6.07) is 27.4. The molecule has 25 nitrogen and oxygen atoms in total. The van der Waals surface area contributed by atoms with Crippen molar-refractivity contribution in [3.8, 4) is 0 Å². The smallest absolute Gasteiger partial charge is 0.360 e. The molecular weight excluding hydrogens is 1420 g/mol. The molecule has 11 aliphatic rings. The molecule has 0 amide bonds. The number of rotatable bonds is 18. The van der Waals surface area contributed by atoms with Gasteiger partial charge in [0.15, 0.2) is 17.1 Å². The van der Waals surface area contributed by atoms with E-state index in [2.05, 4.69) is 45.1 Å². The molecule has 10 unspecified atom stereocenters. The molecule has 5 N–H and O–H groups in total. The molecule has 602 valence electrons. The van der Waals surface area contributed by atoms with Gasteiger partial charge in [-0.15, -0.1) is 0 Å². The van der Waals surface area contributed by atoms with E-state index in [1.807, 2.05) is 75.9 Å². The summed E-state index contributed by atoms with van der Waals surface area (Å²) in [5.74, 6) is -0.202. The van der Waals surface area contributed by atoms with Crippen LogP contribution >= 0.6 is 0 Å². The second-order valence-electron chi connectivity index (χ2n) is 34.7. The molecule has 6 aromatic rings. The summed E-state index contributed by atoms with van der Waals surface area (Å²) >= 11 is 0. The van der Waals surface area contributed by atoms with Crippen LogP contribution in [0.4, 0.5) is 0 Å². The van der Waals surface area contributed by atoms with Crippen LogP contribution in [0.1, 0.15) is 279 Å². The Morgan fingerprint density at radius 1 is 0.393 bits per heavy atom. The number of benzene rings is 3. The number of nitrogens with zero attached hydrogens (tertiary/aromatic N) is 12. The molecule has 6 saturated heterocycles. The number of carboxylic acids is 3. The topological polar surface area (TPSA) is 322 Å². The van der Waals surface area contributed by atoms with Gasteiger partial charge in [-0.2, -0.15) is 0 Å². The third-order valence-corrected chi connectivity index (χ3v) is 27.9. The Kier molecular flexibility index (Phi) is 25.4. The summed E-state index contributed by atoms with van der Waals surface area (Å²) in [5, 5.41) is 58.0. The maximum atomic E-state index is 13.9. The minimum absolute atomic E-state index is 0.0151. The van der Waals surface area contributed by atoms with Crippen molar-refractivity contribution in [2.45, 2.75) is 316 Å². The average Bonchev–Trinajstić information content (AvgIpc) is 1.29. The zero-order valence-electron chi connectivity index (χ0n) is 65.3. The number of hydrogen-bond donors (Lipinski definition) is 5. The molecule has 3 aromatic carbocycles. The van der Waals surface area contributed by atoms with Gasteiger partial charge in [-0.1, -0.05) is 155 Å². The Morgan fingerprint density at radius 3 is 1.11 bits per heavy atom. The van der Waals surface area contributed by atoms with Crippen LogP contribution in [0.15, 0.2) is 103 Å². The van der Waals surface area contributed by atoms with Crippen molar-refractivity contribution < 1.29 is 49.7 Å². The van der Waals surface area contributed by atoms with Crippen molar-refractivity contribution in [3.05, 3.63) is 121 Å². The fraction of sp³-hybridized carbons (Fsp3) is 0.655. The van der Waals surface area contributed by atoms with Crippen molar-refractivity contribution in [1.29, 1.82) is 0 Å². The summed E-state index contributed by atoms with van der Waals surface area (Å²) in [4.78, 5) is 108. The molecular formula is C87H116N12O13. The van der Waals surface area contributed by atoms with Crippen LogP contribution in [0, 0.1) is 23.7 Å². The lowest BCUT2D eigenvalue weighted by Gasteiger charge is -2.53. The average molecular weight is 1540 g/mol. The van der Waals surface area contributed by atoms with E-state index in [0.29, 0.717) is 70.9 Å². The molecule has 5 aliphatic carbocycles. The van der Waals surface area contributed by atoms with Crippen molar-refractivity contribution >= 4 is 68.1 Å². The summed E-state index contributed by atoms with van der Waals surface area (Å²) in [6.07, 6.45) is 44.8. The van der Waals surface area contributed by atoms with Crippen LogP contribution in [-0.4, -0.2) is 179 Å². The van der Waals surface area contributed by atoms with Crippen molar-refractivity contribution in [2.75, 3.05) is 20.3 Å². The van der Waals surface area contributed by atoms with E-state index < -0.39 is 40.4 Å². The van der Waals surface area contributed by atoms with E-state index >= 15 is 0 Å². The zero-order valence-corrected chi connectivity index (χ0v) is 65.3. The van der Waals surface area contributed by atoms with E-state index in [4.69, 9.17) is 19.9 Å². The van der Waals surface area contributed by atoms with Gasteiger partial charge in [-0.05, 0) is 188 Å². The normalized spacial score (nSPS) is 30.3. The monoisotopic (exact) mass is 1540 g/mol. The molecule has 0 spiro atoms. The molecule has 0 radical (unpaired) electrons. The quantitative estimate of drug-likeness (QED) is 0.0231. The minimum Gasteiger partial charge on any atom is -0.481 e. The van der Waals surface area contributed by atoms with E-state index in [9.17, 15) is 44.2 Å². The third-order valence-electron chi connectivity index (χ3n) is 27.9. The van der Waals surface area contributed by atoms with Crippen molar-refractivity contribution in [2.24, 2.45) is 39.1 Å². The van der Waals surface area contributed by atoms with Crippen molar-refractivity contribution in [3.63, 3.8) is 0 Å². The van der Waals surface area contributed by atoms with Gasteiger partial charge in [-0.3, -0.25) is 33.9 Å². The molecule has 11 fully saturated rings. The van der Waals surface area contributed by atoms with Crippen LogP contribution in [0.5, 0.6) is 0 Å². The lowest BCUT2D eigenvalue weighted by Crippen LogP contribution is -2.57. The van der Waals surface area contributed by atoms with Gasteiger partial charge >= 0.3 is 17.9 Å². The maximum Gasteiger partial charge on any atom is 0.360 e. The van der Waals surface area contributed by atoms with Gasteiger partial charge in [-0.25, -0.2) is 24.5 Å². The number of aromatic nitrogens is 6. The number of carboxylic acid groups (broad SMARTS) is 3. The molecule has 9 heterocycles. The van der Waals surface area contributed by atoms with Crippen LogP contribution in [0.3, 0.4) is 0 Å². The van der Waals surface area contributed by atoms with Crippen LogP contribution in [-0.2, 0) is 24.1 Å². The number of aliphatic hydroxyl groups is 1. The Morgan fingerprint density at radius 2 is 0.732 bits per heavy atom. The molecule has 17 rings (SSSR count). The van der Waals surface area contributed by atoms with E-state index in [1.54, 1.807) is 10.6 Å². The summed E-state index contributed by atoms with van der Waals surface area (Å²) < 4.78 is 5.49. The van der Waals surface area contributed by atoms with Gasteiger partial charge in [0.05, 0.1) is 46.1 Å². The fourth-order valence-corrected chi connectivity index (χ4v) is 23.6. The molecule has 5 saturated carbocycles. The second-order valence-corrected chi connectivity index (χ2v) is 34.7. The molecule has 10 bridgehead atoms. The predicted octanol–water partition coefficient (Wildman–Crippen LogP) is 14.0. The highest BCUT2D eigenvalue weighted by Gasteiger charge is 2.50. The van der Waals surface area contributed by atoms with Gasteiger partial charge in [0.1, 0.15) is 19.4 Å². The highest BCUT2D eigenvalue weighted by Crippen LogP contribution is 2.51. The van der Waals surface area contributed by atoms with E-state index in [1.165, 1.54) is 187 Å². The molecule has 25 heteroatoms. The van der Waals surface area contributed by atoms with Gasteiger partial charge in [0.2, 0.25) is 11.4 Å². The van der Waals surface area contributed by atoms with Gasteiger partial charge in [0, 0.05) is 78.9 Å². The first kappa shape index (κ1) is 79.0. The van der Waals surface area contributed by atoms with Crippen molar-refractivity contribution in [1.82, 2.24) is 43.4 Å². The predicted molar refractivity (Wildman–Crippen MR) is 428 cm³/mol. The Bertz CT molecular complexity index is 4550. The SMILES string of the molecule is CO/N=C(\C(=O)O)c1nc2ccccc2n(C2CC3CCC(C2)N3C2CC3CCCCC(C3)C2)c1=O.O=C(O)/C(=N\OCCO)c1nc2ccccc2n(C2CC3CCC(C2)N3C2CC3CCCCC(C3)C2)c1=O.O=C(O)CC/C(=N\O)c1nc2ccccc2n(C2CC3CCCC(C2)N3C2CCCCCCCCC2)c1=O. The van der Waals surface area contributed by atoms with Crippen LogP contribution in [0.2, 0.25) is 0 Å². The Labute approximate surface area is 654 Å². The maximum absolute atomic E-state index is 13.9. The number of aliphatic hydroxyl groups excluding tert-OH is 1. The first-order valence-electron chi connectivity index (χ1n) is 42.8. The lowest BCUT2D eigenvalue weighted by molar-refractivity contribution is -0.137. The number of fused-ring (bicyclic) bond motifs is 13. The zero-order chi connectivity index (χ0) is 77.5. The fourth-order valence-electron chi connectivity index (χ4n) is 23.6. The largest absolute Gasteiger partial charge is 0.481 e. The summed E-state index contributed by atoms with van der Waals surface area (Å²) in [5.41, 5.74) is 1.72.